The number of hydrogen-bond acceptors (Lipinski definition) is 4. The Kier molecular flexibility index (Phi) is 2.55. The van der Waals surface area contributed by atoms with Gasteiger partial charge in [0.25, 0.3) is 0 Å². The van der Waals surface area contributed by atoms with Crippen LogP contribution in [0.5, 0.6) is 0 Å². The molecule has 2 aliphatic heterocycles. The molecule has 0 bridgehead atoms. The normalized spacial score (nSPS) is 47.4. The highest BCUT2D eigenvalue weighted by Gasteiger charge is 2.57. The molecule has 82 valence electrons. The molecule has 4 atom stereocenters. The van der Waals surface area contributed by atoms with Crippen LogP contribution in [0.4, 0.5) is 0 Å². The second-order valence-electron chi connectivity index (χ2n) is 4.49. The summed E-state index contributed by atoms with van der Waals surface area (Å²) in [5.74, 6) is 0. The zero-order valence-electron chi connectivity index (χ0n) is 8.90. The maximum atomic E-state index is 9.61. The first kappa shape index (κ1) is 10.4. The minimum absolute atomic E-state index is 0.0651. The molecule has 2 aliphatic rings. The molecule has 2 fully saturated rings. The van der Waals surface area contributed by atoms with Crippen molar-refractivity contribution in [1.29, 1.82) is 0 Å². The van der Waals surface area contributed by atoms with Crippen molar-refractivity contribution in [3.63, 3.8) is 0 Å². The summed E-state index contributed by atoms with van der Waals surface area (Å²) in [4.78, 5) is 0. The molecular weight excluding hydrogens is 184 g/mol. The number of hydrogen-bond donors (Lipinski definition) is 1. The first-order valence-corrected chi connectivity index (χ1v) is 5.13. The van der Waals surface area contributed by atoms with Crippen LogP contribution in [-0.2, 0) is 14.2 Å². The molecule has 0 aromatic heterocycles. The SMILES string of the molecule is CC(C)O[C@@H]1CO[C@@H]2[C@@H](O)CO[C@@]21C. The molecule has 14 heavy (non-hydrogen) atoms. The number of rotatable bonds is 2. The van der Waals surface area contributed by atoms with Crippen molar-refractivity contribution in [1.82, 2.24) is 0 Å². The third kappa shape index (κ3) is 1.46. The Morgan fingerprint density at radius 1 is 1.43 bits per heavy atom. The van der Waals surface area contributed by atoms with Crippen LogP contribution in [0.3, 0.4) is 0 Å². The topological polar surface area (TPSA) is 47.9 Å². The molecule has 2 heterocycles. The van der Waals surface area contributed by atoms with Crippen LogP contribution in [-0.4, -0.2) is 48.3 Å². The molecule has 0 saturated carbocycles. The lowest BCUT2D eigenvalue weighted by atomic mass is 9.94. The predicted octanol–water partition coefficient (Wildman–Crippen LogP) is 0.329. The average Bonchev–Trinajstić information content (AvgIpc) is 2.53. The van der Waals surface area contributed by atoms with Gasteiger partial charge in [0.05, 0.1) is 19.3 Å². The smallest absolute Gasteiger partial charge is 0.122 e. The van der Waals surface area contributed by atoms with Crippen LogP contribution in [0.25, 0.3) is 0 Å². The lowest BCUT2D eigenvalue weighted by Gasteiger charge is -2.29. The Labute approximate surface area is 84.1 Å². The van der Waals surface area contributed by atoms with Gasteiger partial charge < -0.3 is 19.3 Å². The van der Waals surface area contributed by atoms with Gasteiger partial charge in [-0.15, -0.1) is 0 Å². The summed E-state index contributed by atoms with van der Waals surface area (Å²) < 4.78 is 16.8. The molecule has 1 N–H and O–H groups in total. The van der Waals surface area contributed by atoms with Crippen molar-refractivity contribution in [2.45, 2.75) is 50.8 Å². The van der Waals surface area contributed by atoms with Gasteiger partial charge in [0.1, 0.15) is 23.9 Å². The van der Waals surface area contributed by atoms with Gasteiger partial charge in [0.2, 0.25) is 0 Å². The van der Waals surface area contributed by atoms with Crippen molar-refractivity contribution in [2.24, 2.45) is 0 Å². The van der Waals surface area contributed by atoms with Crippen LogP contribution in [0.2, 0.25) is 0 Å². The van der Waals surface area contributed by atoms with E-state index in [0.29, 0.717) is 13.2 Å². The Morgan fingerprint density at radius 2 is 2.14 bits per heavy atom. The van der Waals surface area contributed by atoms with E-state index in [2.05, 4.69) is 0 Å². The third-order valence-corrected chi connectivity index (χ3v) is 2.98. The standard InChI is InChI=1S/C10H18O4/c1-6(2)14-8-5-12-9-7(11)4-13-10(8,9)3/h6-9,11H,4-5H2,1-3H3/t7-,8+,9+,10+/m0/s1. The number of aliphatic hydroxyl groups excluding tert-OH is 1. The van der Waals surface area contributed by atoms with Gasteiger partial charge in [0.15, 0.2) is 0 Å². The molecule has 0 spiro atoms. The van der Waals surface area contributed by atoms with Gasteiger partial charge in [-0.1, -0.05) is 0 Å². The van der Waals surface area contributed by atoms with Crippen LogP contribution >= 0.6 is 0 Å². The van der Waals surface area contributed by atoms with Crippen molar-refractivity contribution < 1.29 is 19.3 Å². The molecular formula is C10H18O4. The minimum Gasteiger partial charge on any atom is -0.388 e. The quantitative estimate of drug-likeness (QED) is 0.701. The molecule has 0 amide bonds. The van der Waals surface area contributed by atoms with Crippen molar-refractivity contribution >= 4 is 0 Å². The molecule has 0 aromatic rings. The van der Waals surface area contributed by atoms with E-state index in [-0.39, 0.29) is 18.3 Å². The molecule has 2 rings (SSSR count). The highest BCUT2D eigenvalue weighted by molar-refractivity contribution is 5.05. The van der Waals surface area contributed by atoms with Gasteiger partial charge in [-0.2, -0.15) is 0 Å². The first-order valence-electron chi connectivity index (χ1n) is 5.13. The number of ether oxygens (including phenoxy) is 3. The van der Waals surface area contributed by atoms with Gasteiger partial charge >= 0.3 is 0 Å². The van der Waals surface area contributed by atoms with Gasteiger partial charge in [-0.25, -0.2) is 0 Å². The first-order chi connectivity index (χ1) is 6.54. The lowest BCUT2D eigenvalue weighted by Crippen LogP contribution is -2.46. The zero-order valence-corrected chi connectivity index (χ0v) is 8.90. The van der Waals surface area contributed by atoms with E-state index in [9.17, 15) is 5.11 Å². The summed E-state index contributed by atoms with van der Waals surface area (Å²) >= 11 is 0. The van der Waals surface area contributed by atoms with Gasteiger partial charge in [-0.3, -0.25) is 0 Å². The van der Waals surface area contributed by atoms with Crippen LogP contribution in [0.15, 0.2) is 0 Å². The summed E-state index contributed by atoms with van der Waals surface area (Å²) in [6.45, 7) is 6.79. The summed E-state index contributed by atoms with van der Waals surface area (Å²) in [7, 11) is 0. The predicted molar refractivity (Wildman–Crippen MR) is 50.1 cm³/mol. The summed E-state index contributed by atoms with van der Waals surface area (Å²) in [6.07, 6.45) is -0.655. The second-order valence-corrected chi connectivity index (χ2v) is 4.49. The third-order valence-electron chi connectivity index (χ3n) is 2.98. The largest absolute Gasteiger partial charge is 0.388 e. The summed E-state index contributed by atoms with van der Waals surface area (Å²) in [5, 5.41) is 9.61. The van der Waals surface area contributed by atoms with E-state index in [1.807, 2.05) is 20.8 Å². The van der Waals surface area contributed by atoms with E-state index in [1.165, 1.54) is 0 Å². The Morgan fingerprint density at radius 3 is 2.79 bits per heavy atom. The molecule has 4 heteroatoms. The average molecular weight is 202 g/mol. The maximum Gasteiger partial charge on any atom is 0.122 e. The van der Waals surface area contributed by atoms with E-state index in [1.54, 1.807) is 0 Å². The zero-order chi connectivity index (χ0) is 10.3. The van der Waals surface area contributed by atoms with Crippen LogP contribution < -0.4 is 0 Å². The van der Waals surface area contributed by atoms with E-state index in [4.69, 9.17) is 14.2 Å². The van der Waals surface area contributed by atoms with E-state index >= 15 is 0 Å². The second kappa shape index (κ2) is 3.45. The molecule has 4 nitrogen and oxygen atoms in total. The highest BCUT2D eigenvalue weighted by Crippen LogP contribution is 2.39. The lowest BCUT2D eigenvalue weighted by molar-refractivity contribution is -0.109. The summed E-state index contributed by atoms with van der Waals surface area (Å²) in [6, 6.07) is 0. The number of fused-ring (bicyclic) bond motifs is 1. The molecule has 0 unspecified atom stereocenters. The highest BCUT2D eigenvalue weighted by atomic mass is 16.6. The molecule has 0 aliphatic carbocycles. The summed E-state index contributed by atoms with van der Waals surface area (Å²) in [5.41, 5.74) is -0.469. The Hall–Kier alpha value is -0.160. The Bertz CT molecular complexity index is 218. The fraction of sp³-hybridized carbons (Fsp3) is 1.00. The number of aliphatic hydroxyl groups is 1. The van der Waals surface area contributed by atoms with E-state index in [0.717, 1.165) is 0 Å². The fourth-order valence-corrected chi connectivity index (χ4v) is 2.23. The fourth-order valence-electron chi connectivity index (χ4n) is 2.23. The van der Waals surface area contributed by atoms with Crippen LogP contribution in [0, 0.1) is 0 Å². The Balaban J connectivity index is 2.08. The molecule has 0 radical (unpaired) electrons. The van der Waals surface area contributed by atoms with Gasteiger partial charge in [-0.05, 0) is 20.8 Å². The van der Waals surface area contributed by atoms with Crippen molar-refractivity contribution in [3.8, 4) is 0 Å². The molecule has 2 saturated heterocycles. The molecule has 0 aromatic carbocycles. The van der Waals surface area contributed by atoms with Crippen LogP contribution in [0.1, 0.15) is 20.8 Å². The van der Waals surface area contributed by atoms with Crippen molar-refractivity contribution in [3.05, 3.63) is 0 Å². The maximum absolute atomic E-state index is 9.61. The van der Waals surface area contributed by atoms with E-state index < -0.39 is 11.7 Å². The monoisotopic (exact) mass is 202 g/mol. The van der Waals surface area contributed by atoms with Crippen molar-refractivity contribution in [2.75, 3.05) is 13.2 Å². The van der Waals surface area contributed by atoms with Gasteiger partial charge in [0, 0.05) is 0 Å². The minimum atomic E-state index is -0.513.